The molecule has 5 heteroatoms. The normalized spacial score (nSPS) is 14.1. The van der Waals surface area contributed by atoms with Crippen molar-refractivity contribution < 1.29 is 14.0 Å². The van der Waals surface area contributed by atoms with E-state index in [0.717, 1.165) is 40.5 Å². The zero-order valence-electron chi connectivity index (χ0n) is 14.0. The van der Waals surface area contributed by atoms with E-state index in [1.807, 2.05) is 32.9 Å². The number of nitrogens with one attached hydrogen (secondary N) is 1. The average molecular weight is 314 g/mol. The van der Waals surface area contributed by atoms with Crippen LogP contribution in [0, 0.1) is 20.8 Å². The summed E-state index contributed by atoms with van der Waals surface area (Å²) in [5, 5.41) is 3.88. The highest BCUT2D eigenvalue weighted by Gasteiger charge is 2.26. The number of hydrogen-bond donors (Lipinski definition) is 1. The van der Waals surface area contributed by atoms with Crippen molar-refractivity contribution in [3.63, 3.8) is 0 Å². The molecule has 0 atom stereocenters. The van der Waals surface area contributed by atoms with Gasteiger partial charge in [-0.25, -0.2) is 0 Å². The zero-order valence-corrected chi connectivity index (χ0v) is 14.0. The molecule has 0 saturated heterocycles. The Kier molecular flexibility index (Phi) is 3.88. The Hall–Kier alpha value is -2.30. The molecule has 122 valence electrons. The summed E-state index contributed by atoms with van der Waals surface area (Å²) in [6.07, 6.45) is 2.06. The predicted molar refractivity (Wildman–Crippen MR) is 88.6 cm³/mol. The van der Waals surface area contributed by atoms with Gasteiger partial charge in [0.05, 0.1) is 6.54 Å². The van der Waals surface area contributed by atoms with Crippen LogP contribution in [0.3, 0.4) is 0 Å². The van der Waals surface area contributed by atoms with Crippen LogP contribution in [-0.4, -0.2) is 36.3 Å². The fraction of sp³-hybridized carbons (Fsp3) is 0.444. The van der Waals surface area contributed by atoms with E-state index in [1.165, 1.54) is 4.90 Å². The molecule has 0 bridgehead atoms. The molecule has 5 nitrogen and oxygen atoms in total. The van der Waals surface area contributed by atoms with Gasteiger partial charge in [-0.1, -0.05) is 12.1 Å². The third-order valence-electron chi connectivity index (χ3n) is 4.35. The van der Waals surface area contributed by atoms with E-state index >= 15 is 0 Å². The van der Waals surface area contributed by atoms with Gasteiger partial charge in [0.2, 0.25) is 5.91 Å². The second-order valence-corrected chi connectivity index (χ2v) is 6.46. The van der Waals surface area contributed by atoms with Crippen LogP contribution < -0.4 is 5.32 Å². The maximum Gasteiger partial charge on any atom is 0.290 e. The van der Waals surface area contributed by atoms with Crippen molar-refractivity contribution in [1.82, 2.24) is 10.2 Å². The van der Waals surface area contributed by atoms with Crippen molar-refractivity contribution in [2.45, 2.75) is 39.7 Å². The van der Waals surface area contributed by atoms with E-state index in [0.29, 0.717) is 11.8 Å². The molecule has 0 unspecified atom stereocenters. The highest BCUT2D eigenvalue weighted by atomic mass is 16.3. The Morgan fingerprint density at radius 2 is 1.87 bits per heavy atom. The number of aryl methyl sites for hydroxylation is 3. The van der Waals surface area contributed by atoms with Crippen molar-refractivity contribution in [3.05, 3.63) is 34.6 Å². The Labute approximate surface area is 135 Å². The smallest absolute Gasteiger partial charge is 0.290 e. The topological polar surface area (TPSA) is 62.6 Å². The third kappa shape index (κ3) is 2.96. The van der Waals surface area contributed by atoms with Crippen molar-refractivity contribution in [2.24, 2.45) is 0 Å². The van der Waals surface area contributed by atoms with Crippen molar-refractivity contribution in [1.29, 1.82) is 0 Å². The van der Waals surface area contributed by atoms with Gasteiger partial charge >= 0.3 is 0 Å². The molecule has 0 spiro atoms. The van der Waals surface area contributed by atoms with Gasteiger partial charge in [0.25, 0.3) is 5.91 Å². The Morgan fingerprint density at radius 3 is 2.48 bits per heavy atom. The molecule has 1 N–H and O–H groups in total. The summed E-state index contributed by atoms with van der Waals surface area (Å²) in [7, 11) is 1.63. The van der Waals surface area contributed by atoms with Crippen molar-refractivity contribution >= 4 is 22.8 Å². The maximum absolute atomic E-state index is 12.6. The second-order valence-electron chi connectivity index (χ2n) is 6.46. The molecule has 0 aliphatic heterocycles. The number of furan rings is 1. The van der Waals surface area contributed by atoms with Gasteiger partial charge in [-0.05, 0) is 44.7 Å². The molecule has 1 aromatic heterocycles. The summed E-state index contributed by atoms with van der Waals surface area (Å²) in [4.78, 5) is 25.9. The highest BCUT2D eigenvalue weighted by Crippen LogP contribution is 2.31. The zero-order chi connectivity index (χ0) is 16.7. The number of carbonyl (C=O) groups is 2. The number of fused-ring (bicyclic) bond motifs is 1. The van der Waals surface area contributed by atoms with Crippen molar-refractivity contribution in [2.75, 3.05) is 13.6 Å². The first-order valence-electron chi connectivity index (χ1n) is 7.92. The van der Waals surface area contributed by atoms with E-state index < -0.39 is 0 Å². The van der Waals surface area contributed by atoms with Crippen LogP contribution >= 0.6 is 0 Å². The Bertz CT molecular complexity index is 787. The molecule has 0 radical (unpaired) electrons. The lowest BCUT2D eigenvalue weighted by atomic mass is 10.0. The van der Waals surface area contributed by atoms with E-state index in [4.69, 9.17) is 4.42 Å². The summed E-state index contributed by atoms with van der Waals surface area (Å²) in [6.45, 7) is 5.91. The second kappa shape index (κ2) is 5.72. The van der Waals surface area contributed by atoms with E-state index in [1.54, 1.807) is 7.05 Å². The minimum atomic E-state index is -0.261. The Morgan fingerprint density at radius 1 is 1.22 bits per heavy atom. The molecule has 1 heterocycles. The van der Waals surface area contributed by atoms with E-state index in [2.05, 4.69) is 5.32 Å². The lowest BCUT2D eigenvalue weighted by Gasteiger charge is -2.15. The summed E-state index contributed by atoms with van der Waals surface area (Å²) in [5.41, 5.74) is 3.67. The average Bonchev–Trinajstić information content (AvgIpc) is 3.23. The molecule has 2 amide bonds. The largest absolute Gasteiger partial charge is 0.450 e. The van der Waals surface area contributed by atoms with Crippen LogP contribution in [0.25, 0.3) is 11.0 Å². The van der Waals surface area contributed by atoms with Crippen LogP contribution in [0.15, 0.2) is 16.5 Å². The van der Waals surface area contributed by atoms with Crippen molar-refractivity contribution in [3.8, 4) is 0 Å². The number of carbonyl (C=O) groups excluding carboxylic acids is 2. The van der Waals surface area contributed by atoms with Crippen LogP contribution in [0.2, 0.25) is 0 Å². The number of nitrogens with zero attached hydrogens (tertiary/aromatic N) is 1. The van der Waals surface area contributed by atoms with Gasteiger partial charge in [0, 0.05) is 24.0 Å². The van der Waals surface area contributed by atoms with Gasteiger partial charge in [0.1, 0.15) is 5.58 Å². The molecular weight excluding hydrogens is 292 g/mol. The number of benzene rings is 1. The summed E-state index contributed by atoms with van der Waals surface area (Å²) < 4.78 is 5.85. The van der Waals surface area contributed by atoms with Gasteiger partial charge in [-0.15, -0.1) is 0 Å². The Balaban J connectivity index is 1.85. The summed E-state index contributed by atoms with van der Waals surface area (Å²) >= 11 is 0. The van der Waals surface area contributed by atoms with Gasteiger partial charge in [-0.2, -0.15) is 0 Å². The van der Waals surface area contributed by atoms with Crippen LogP contribution in [0.4, 0.5) is 0 Å². The predicted octanol–water partition coefficient (Wildman–Crippen LogP) is 2.71. The number of likely N-dealkylation sites (N-methyl/N-ethyl adjacent to an activating group) is 1. The first-order valence-corrected chi connectivity index (χ1v) is 7.92. The van der Waals surface area contributed by atoms with E-state index in [-0.39, 0.29) is 18.4 Å². The molecule has 1 aromatic carbocycles. The lowest BCUT2D eigenvalue weighted by Crippen LogP contribution is -2.39. The van der Waals surface area contributed by atoms with Crippen LogP contribution in [-0.2, 0) is 4.79 Å². The van der Waals surface area contributed by atoms with E-state index in [9.17, 15) is 9.59 Å². The van der Waals surface area contributed by atoms with Gasteiger partial charge in [-0.3, -0.25) is 9.59 Å². The minimum absolute atomic E-state index is 0.0454. The molecule has 1 aliphatic carbocycles. The molecule has 2 aromatic rings. The standard InChI is InChI=1S/C18H22N2O3/c1-10-5-6-11(2)16-15(10)12(3)17(23-16)18(22)20(4)9-14(21)19-13-7-8-13/h5-6,13H,7-9H2,1-4H3,(H,19,21). The quantitative estimate of drug-likeness (QED) is 0.944. The first-order chi connectivity index (χ1) is 10.9. The molecule has 23 heavy (non-hydrogen) atoms. The lowest BCUT2D eigenvalue weighted by molar-refractivity contribution is -0.121. The summed E-state index contributed by atoms with van der Waals surface area (Å²) in [6, 6.07) is 4.31. The van der Waals surface area contributed by atoms with Crippen LogP contribution in [0.1, 0.15) is 40.1 Å². The van der Waals surface area contributed by atoms with Gasteiger partial charge < -0.3 is 14.6 Å². The highest BCUT2D eigenvalue weighted by molar-refractivity contribution is 6.01. The monoisotopic (exact) mass is 314 g/mol. The maximum atomic E-state index is 12.6. The molecular formula is C18H22N2O3. The number of hydrogen-bond acceptors (Lipinski definition) is 3. The third-order valence-corrected chi connectivity index (χ3v) is 4.35. The SMILES string of the molecule is Cc1ccc(C)c2c(C)c(C(=O)N(C)CC(=O)NC3CC3)oc12. The van der Waals surface area contributed by atoms with Crippen LogP contribution in [0.5, 0.6) is 0 Å². The number of amides is 2. The minimum Gasteiger partial charge on any atom is -0.450 e. The van der Waals surface area contributed by atoms with Gasteiger partial charge in [0.15, 0.2) is 5.76 Å². The fourth-order valence-electron chi connectivity index (χ4n) is 2.84. The summed E-state index contributed by atoms with van der Waals surface area (Å²) in [5.74, 6) is -0.0629. The molecule has 1 aliphatic rings. The molecule has 3 rings (SSSR count). The number of rotatable bonds is 4. The molecule has 1 fully saturated rings. The fourth-order valence-corrected chi connectivity index (χ4v) is 2.84. The molecule has 1 saturated carbocycles. The first kappa shape index (κ1) is 15.6.